The quantitative estimate of drug-likeness (QED) is 0.727. The molecule has 1 amide bonds. The van der Waals surface area contributed by atoms with Crippen molar-refractivity contribution in [2.45, 2.75) is 26.3 Å². The number of carbonyl (C=O) groups excluding carboxylic acids is 1. The third-order valence-corrected chi connectivity index (χ3v) is 2.63. The Kier molecular flexibility index (Phi) is 3.65. The lowest BCUT2D eigenvalue weighted by molar-refractivity contribution is -0.121. The fraction of sp³-hybridized carbons (Fsp3) is 0.308. The predicted octanol–water partition coefficient (Wildman–Crippen LogP) is 2.43. The summed E-state index contributed by atoms with van der Waals surface area (Å²) in [4.78, 5) is 11.4. The third kappa shape index (κ3) is 3.00. The minimum atomic E-state index is 0.112. The Morgan fingerprint density at radius 1 is 1.41 bits per heavy atom. The van der Waals surface area contributed by atoms with Crippen molar-refractivity contribution < 1.29 is 4.79 Å². The lowest BCUT2D eigenvalue weighted by Crippen LogP contribution is -2.22. The van der Waals surface area contributed by atoms with Crippen LogP contribution in [0.4, 0.5) is 0 Å². The van der Waals surface area contributed by atoms with Crippen LogP contribution < -0.4 is 5.32 Å². The molecular weight excluding hydrogens is 214 g/mol. The molecule has 0 spiro atoms. The molecule has 0 saturated heterocycles. The van der Waals surface area contributed by atoms with Crippen LogP contribution in [0.3, 0.4) is 0 Å². The third-order valence-electron chi connectivity index (χ3n) is 2.63. The number of aromatic nitrogens is 2. The van der Waals surface area contributed by atoms with Gasteiger partial charge in [0, 0.05) is 24.7 Å². The minimum absolute atomic E-state index is 0.112. The zero-order chi connectivity index (χ0) is 12.1. The van der Waals surface area contributed by atoms with Crippen LogP contribution >= 0.6 is 0 Å². The maximum atomic E-state index is 11.4. The van der Waals surface area contributed by atoms with Crippen LogP contribution in [-0.4, -0.2) is 16.1 Å². The Morgan fingerprint density at radius 3 is 2.88 bits per heavy atom. The first-order valence-corrected chi connectivity index (χ1v) is 5.87. The Labute approximate surface area is 100 Å². The summed E-state index contributed by atoms with van der Waals surface area (Å²) in [5.41, 5.74) is 3.32. The largest absolute Gasteiger partial charge is 0.352 e. The van der Waals surface area contributed by atoms with E-state index in [1.54, 1.807) is 0 Å². The van der Waals surface area contributed by atoms with Crippen molar-refractivity contribution in [3.05, 3.63) is 36.0 Å². The van der Waals surface area contributed by atoms with Crippen LogP contribution in [0.15, 0.2) is 30.5 Å². The van der Waals surface area contributed by atoms with E-state index < -0.39 is 0 Å². The monoisotopic (exact) mass is 231 g/mol. The van der Waals surface area contributed by atoms with Crippen molar-refractivity contribution in [3.8, 4) is 11.3 Å². The topological polar surface area (TPSA) is 60.7 Å². The minimum Gasteiger partial charge on any atom is -0.352 e. The van der Waals surface area contributed by atoms with E-state index in [1.807, 2.05) is 31.3 Å². The molecule has 1 aromatic carbocycles. The Bertz CT molecular complexity index is 475. The molecule has 1 aromatic heterocycles. The van der Waals surface area contributed by atoms with E-state index in [0.717, 1.165) is 23.2 Å². The molecule has 17 heavy (non-hydrogen) atoms. The van der Waals surface area contributed by atoms with Gasteiger partial charge in [-0.05, 0) is 18.1 Å². The second kappa shape index (κ2) is 5.39. The average molecular weight is 231 g/mol. The van der Waals surface area contributed by atoms with Crippen molar-refractivity contribution in [3.63, 3.8) is 0 Å². The highest BCUT2D eigenvalue weighted by Crippen LogP contribution is 2.17. The lowest BCUT2D eigenvalue weighted by atomic mass is 10.1. The summed E-state index contributed by atoms with van der Waals surface area (Å²) in [5.74, 6) is 0.112. The fourth-order valence-corrected chi connectivity index (χ4v) is 1.66. The maximum Gasteiger partial charge on any atom is 0.220 e. The predicted molar refractivity (Wildman–Crippen MR) is 67.3 cm³/mol. The smallest absolute Gasteiger partial charge is 0.220 e. The standard InChI is InChI=1S/C13H17N3O/c1-2-4-13(17)14-8-10-5-3-6-11(7-10)12-9-15-16-12/h3,5-7,9,15-16H,2,4,8H2,1H3,(H,14,17). The van der Waals surface area contributed by atoms with E-state index in [2.05, 4.69) is 21.6 Å². The Hall–Kier alpha value is -1.97. The van der Waals surface area contributed by atoms with Gasteiger partial charge in [-0.2, -0.15) is 0 Å². The van der Waals surface area contributed by atoms with Crippen LogP contribution in [0.2, 0.25) is 0 Å². The summed E-state index contributed by atoms with van der Waals surface area (Å²) in [6.07, 6.45) is 3.39. The van der Waals surface area contributed by atoms with Crippen LogP contribution in [-0.2, 0) is 11.3 Å². The van der Waals surface area contributed by atoms with E-state index in [1.165, 1.54) is 0 Å². The molecule has 0 saturated carbocycles. The van der Waals surface area contributed by atoms with Gasteiger partial charge in [-0.1, -0.05) is 25.1 Å². The molecule has 90 valence electrons. The Morgan fingerprint density at radius 2 is 2.24 bits per heavy atom. The molecule has 1 heterocycles. The summed E-state index contributed by atoms with van der Waals surface area (Å²) in [6, 6.07) is 8.13. The Balaban J connectivity index is 1.96. The first-order valence-electron chi connectivity index (χ1n) is 5.87. The molecule has 0 aliphatic heterocycles. The molecule has 2 aromatic rings. The summed E-state index contributed by atoms with van der Waals surface area (Å²) in [6.45, 7) is 2.59. The molecule has 4 heteroatoms. The highest BCUT2D eigenvalue weighted by atomic mass is 16.1. The van der Waals surface area contributed by atoms with E-state index in [0.29, 0.717) is 13.0 Å². The molecule has 0 unspecified atom stereocenters. The summed E-state index contributed by atoms with van der Waals surface area (Å²) in [7, 11) is 0. The highest BCUT2D eigenvalue weighted by Gasteiger charge is 2.03. The zero-order valence-corrected chi connectivity index (χ0v) is 9.92. The normalized spacial score (nSPS) is 10.4. The van der Waals surface area contributed by atoms with Gasteiger partial charge < -0.3 is 10.4 Å². The van der Waals surface area contributed by atoms with Crippen molar-refractivity contribution in [1.82, 2.24) is 15.5 Å². The first kappa shape index (κ1) is 11.5. The average Bonchev–Trinajstić information content (AvgIpc) is 2.25. The van der Waals surface area contributed by atoms with E-state index in [4.69, 9.17) is 0 Å². The van der Waals surface area contributed by atoms with Gasteiger partial charge in [0.15, 0.2) is 0 Å². The number of amides is 1. The molecule has 0 radical (unpaired) electrons. The van der Waals surface area contributed by atoms with Crippen LogP contribution in [0.25, 0.3) is 11.3 Å². The molecule has 2 rings (SSSR count). The molecule has 0 fully saturated rings. The summed E-state index contributed by atoms with van der Waals surface area (Å²) in [5, 5.41) is 8.77. The number of hydrogen-bond acceptors (Lipinski definition) is 1. The van der Waals surface area contributed by atoms with Gasteiger partial charge in [-0.3, -0.25) is 9.89 Å². The van der Waals surface area contributed by atoms with E-state index >= 15 is 0 Å². The van der Waals surface area contributed by atoms with Gasteiger partial charge in [0.1, 0.15) is 0 Å². The van der Waals surface area contributed by atoms with Crippen LogP contribution in [0, 0.1) is 0 Å². The fourth-order valence-electron chi connectivity index (χ4n) is 1.66. The van der Waals surface area contributed by atoms with Crippen molar-refractivity contribution >= 4 is 5.91 Å². The molecule has 3 N–H and O–H groups in total. The number of aromatic amines is 2. The SMILES string of the molecule is CCCC(=O)NCc1cccc(-c2c[nH][nH]2)c1. The number of rotatable bonds is 5. The van der Waals surface area contributed by atoms with Crippen molar-refractivity contribution in [2.75, 3.05) is 0 Å². The van der Waals surface area contributed by atoms with Crippen LogP contribution in [0.5, 0.6) is 0 Å². The molecule has 0 bridgehead atoms. The van der Waals surface area contributed by atoms with Gasteiger partial charge in [0.05, 0.1) is 5.69 Å². The number of nitrogens with one attached hydrogen (secondary N) is 3. The van der Waals surface area contributed by atoms with Crippen LogP contribution in [0.1, 0.15) is 25.3 Å². The van der Waals surface area contributed by atoms with E-state index in [9.17, 15) is 4.79 Å². The van der Waals surface area contributed by atoms with Gasteiger partial charge in [0.25, 0.3) is 0 Å². The lowest BCUT2D eigenvalue weighted by Gasteiger charge is -2.08. The zero-order valence-electron chi connectivity index (χ0n) is 9.92. The van der Waals surface area contributed by atoms with E-state index in [-0.39, 0.29) is 5.91 Å². The number of hydrogen-bond donors (Lipinski definition) is 3. The van der Waals surface area contributed by atoms with Gasteiger partial charge in [-0.25, -0.2) is 0 Å². The second-order valence-corrected chi connectivity index (χ2v) is 4.05. The maximum absolute atomic E-state index is 11.4. The van der Waals surface area contributed by atoms with Gasteiger partial charge >= 0.3 is 0 Å². The van der Waals surface area contributed by atoms with Crippen molar-refractivity contribution in [1.29, 1.82) is 0 Å². The number of H-pyrrole nitrogens is 2. The highest BCUT2D eigenvalue weighted by molar-refractivity contribution is 5.75. The van der Waals surface area contributed by atoms with Gasteiger partial charge in [-0.15, -0.1) is 0 Å². The number of carbonyl (C=O) groups is 1. The molecular formula is C13H17N3O. The summed E-state index contributed by atoms with van der Waals surface area (Å²) < 4.78 is 0. The summed E-state index contributed by atoms with van der Waals surface area (Å²) >= 11 is 0. The number of benzene rings is 1. The first-order chi connectivity index (χ1) is 8.29. The van der Waals surface area contributed by atoms with Crippen molar-refractivity contribution in [2.24, 2.45) is 0 Å². The molecule has 0 aliphatic rings. The molecule has 4 nitrogen and oxygen atoms in total. The molecule has 0 aliphatic carbocycles. The molecule has 0 atom stereocenters. The second-order valence-electron chi connectivity index (χ2n) is 4.05. The van der Waals surface area contributed by atoms with Gasteiger partial charge in [0.2, 0.25) is 5.91 Å².